The van der Waals surface area contributed by atoms with Crippen molar-refractivity contribution in [1.82, 2.24) is 4.90 Å². The van der Waals surface area contributed by atoms with Crippen LogP contribution < -0.4 is 10.1 Å². The quantitative estimate of drug-likeness (QED) is 0.748. The van der Waals surface area contributed by atoms with Gasteiger partial charge in [0.05, 0.1) is 0 Å². The van der Waals surface area contributed by atoms with Crippen LogP contribution in [0.15, 0.2) is 42.5 Å². The molecular weight excluding hydrogens is 328 g/mol. The standard InChI is InChI=1S/C21H24N2O3/c1-3-23(4-2)11-12-26-20-10-9-16(24)13-15(20)14-18-17-7-5-6-8-19(17)22-21(18)25/h5-10,13-14,24H,3-4,11-12H2,1-2H3,(H,22,25)/b18-14+. The Hall–Kier alpha value is -2.79. The third kappa shape index (κ3) is 3.89. The van der Waals surface area contributed by atoms with Crippen LogP contribution in [-0.2, 0) is 4.79 Å². The minimum atomic E-state index is -0.149. The number of rotatable bonds is 7. The van der Waals surface area contributed by atoms with E-state index in [4.69, 9.17) is 4.74 Å². The number of ether oxygens (including phenoxy) is 1. The summed E-state index contributed by atoms with van der Waals surface area (Å²) in [5, 5.41) is 12.7. The molecule has 0 bridgehead atoms. The SMILES string of the molecule is CCN(CC)CCOc1ccc(O)cc1/C=C1/C(=O)Nc2ccccc21. The summed E-state index contributed by atoms with van der Waals surface area (Å²) in [6, 6.07) is 12.5. The van der Waals surface area contributed by atoms with Gasteiger partial charge >= 0.3 is 0 Å². The first-order chi connectivity index (χ1) is 12.6. The second-order valence-electron chi connectivity index (χ2n) is 6.16. The van der Waals surface area contributed by atoms with Crippen LogP contribution in [0.1, 0.15) is 25.0 Å². The number of nitrogens with zero attached hydrogens (tertiary/aromatic N) is 1. The summed E-state index contributed by atoms with van der Waals surface area (Å²) in [5.41, 5.74) is 2.91. The second-order valence-corrected chi connectivity index (χ2v) is 6.16. The van der Waals surface area contributed by atoms with Crippen molar-refractivity contribution in [3.05, 3.63) is 53.6 Å². The van der Waals surface area contributed by atoms with Crippen molar-refractivity contribution in [2.75, 3.05) is 31.6 Å². The lowest BCUT2D eigenvalue weighted by atomic mass is 10.0. The van der Waals surface area contributed by atoms with Gasteiger partial charge in [0.25, 0.3) is 5.91 Å². The Bertz CT molecular complexity index is 826. The van der Waals surface area contributed by atoms with E-state index < -0.39 is 0 Å². The van der Waals surface area contributed by atoms with Crippen molar-refractivity contribution in [1.29, 1.82) is 0 Å². The summed E-state index contributed by atoms with van der Waals surface area (Å²) < 4.78 is 5.93. The van der Waals surface area contributed by atoms with Gasteiger partial charge in [0.2, 0.25) is 0 Å². The molecule has 5 heteroatoms. The van der Waals surface area contributed by atoms with Crippen molar-refractivity contribution in [2.45, 2.75) is 13.8 Å². The van der Waals surface area contributed by atoms with E-state index in [1.54, 1.807) is 24.3 Å². The van der Waals surface area contributed by atoms with Crippen molar-refractivity contribution in [3.63, 3.8) is 0 Å². The maximum atomic E-state index is 12.3. The highest BCUT2D eigenvalue weighted by Crippen LogP contribution is 2.35. The maximum absolute atomic E-state index is 12.3. The minimum Gasteiger partial charge on any atom is -0.508 e. The lowest BCUT2D eigenvalue weighted by Gasteiger charge is -2.18. The van der Waals surface area contributed by atoms with E-state index in [9.17, 15) is 9.90 Å². The van der Waals surface area contributed by atoms with Gasteiger partial charge in [0, 0.05) is 28.9 Å². The molecule has 0 aliphatic carbocycles. The molecule has 0 saturated heterocycles. The molecule has 0 atom stereocenters. The average Bonchev–Trinajstić information content (AvgIpc) is 2.96. The van der Waals surface area contributed by atoms with Crippen molar-refractivity contribution < 1.29 is 14.6 Å². The lowest BCUT2D eigenvalue weighted by molar-refractivity contribution is -0.110. The zero-order valence-electron chi connectivity index (χ0n) is 15.2. The molecule has 136 valence electrons. The zero-order valence-corrected chi connectivity index (χ0v) is 15.2. The molecule has 3 rings (SSSR count). The highest BCUT2D eigenvalue weighted by atomic mass is 16.5. The molecule has 0 fully saturated rings. The number of anilines is 1. The van der Waals surface area contributed by atoms with E-state index in [2.05, 4.69) is 24.1 Å². The number of nitrogens with one attached hydrogen (secondary N) is 1. The van der Waals surface area contributed by atoms with Crippen LogP contribution in [0.4, 0.5) is 5.69 Å². The maximum Gasteiger partial charge on any atom is 0.256 e. The Labute approximate surface area is 153 Å². The summed E-state index contributed by atoms with van der Waals surface area (Å²) in [5.74, 6) is 0.642. The number of phenolic OH excluding ortho intramolecular Hbond substituents is 1. The molecule has 1 heterocycles. The average molecular weight is 352 g/mol. The summed E-state index contributed by atoms with van der Waals surface area (Å²) in [6.45, 7) is 7.57. The number of para-hydroxylation sites is 1. The molecule has 5 nitrogen and oxygen atoms in total. The van der Waals surface area contributed by atoms with Gasteiger partial charge in [-0.15, -0.1) is 0 Å². The number of likely N-dealkylation sites (N-methyl/N-ethyl adjacent to an activating group) is 1. The topological polar surface area (TPSA) is 61.8 Å². The minimum absolute atomic E-state index is 0.139. The summed E-state index contributed by atoms with van der Waals surface area (Å²) >= 11 is 0. The molecule has 0 spiro atoms. The highest BCUT2D eigenvalue weighted by Gasteiger charge is 2.23. The van der Waals surface area contributed by atoms with Crippen LogP contribution in [0.3, 0.4) is 0 Å². The number of hydrogen-bond acceptors (Lipinski definition) is 4. The number of carbonyl (C=O) groups excluding carboxylic acids is 1. The second kappa shape index (κ2) is 8.06. The first-order valence-electron chi connectivity index (χ1n) is 8.93. The molecule has 0 saturated carbocycles. The fraction of sp³-hybridized carbons (Fsp3) is 0.286. The molecule has 1 amide bonds. The highest BCUT2D eigenvalue weighted by molar-refractivity contribution is 6.35. The van der Waals surface area contributed by atoms with E-state index in [-0.39, 0.29) is 11.7 Å². The number of phenols is 1. The van der Waals surface area contributed by atoms with Gasteiger partial charge in [-0.3, -0.25) is 4.79 Å². The Morgan fingerprint density at radius 3 is 2.69 bits per heavy atom. The first kappa shape index (κ1) is 18.0. The molecule has 26 heavy (non-hydrogen) atoms. The number of carbonyl (C=O) groups is 1. The summed E-state index contributed by atoms with van der Waals surface area (Å²) in [4.78, 5) is 14.6. The number of aromatic hydroxyl groups is 1. The van der Waals surface area contributed by atoms with E-state index >= 15 is 0 Å². The van der Waals surface area contributed by atoms with Gasteiger partial charge in [-0.25, -0.2) is 0 Å². The van der Waals surface area contributed by atoms with Crippen LogP contribution >= 0.6 is 0 Å². The van der Waals surface area contributed by atoms with Crippen molar-refractivity contribution >= 4 is 23.2 Å². The van der Waals surface area contributed by atoms with Crippen LogP contribution in [0, 0.1) is 0 Å². The van der Waals surface area contributed by atoms with E-state index in [1.165, 1.54) is 0 Å². The summed E-state index contributed by atoms with van der Waals surface area (Å²) in [6.07, 6.45) is 1.77. The van der Waals surface area contributed by atoms with Gasteiger partial charge in [-0.05, 0) is 43.4 Å². The lowest BCUT2D eigenvalue weighted by Crippen LogP contribution is -2.28. The van der Waals surface area contributed by atoms with Gasteiger partial charge in [-0.1, -0.05) is 32.0 Å². The Morgan fingerprint density at radius 2 is 1.92 bits per heavy atom. The molecule has 1 aliphatic heterocycles. The molecule has 0 aromatic heterocycles. The Kier molecular flexibility index (Phi) is 5.58. The summed E-state index contributed by atoms with van der Waals surface area (Å²) in [7, 11) is 0. The van der Waals surface area contributed by atoms with Gasteiger partial charge in [0.1, 0.15) is 18.1 Å². The Balaban J connectivity index is 1.86. The monoisotopic (exact) mass is 352 g/mol. The van der Waals surface area contributed by atoms with Gasteiger partial charge in [0.15, 0.2) is 0 Å². The zero-order chi connectivity index (χ0) is 18.5. The predicted octanol–water partition coefficient (Wildman–Crippen LogP) is 3.61. The predicted molar refractivity (Wildman–Crippen MR) is 104 cm³/mol. The number of fused-ring (bicyclic) bond motifs is 1. The Morgan fingerprint density at radius 1 is 1.15 bits per heavy atom. The van der Waals surface area contributed by atoms with Gasteiger partial charge < -0.3 is 20.1 Å². The molecule has 2 aromatic carbocycles. The first-order valence-corrected chi connectivity index (χ1v) is 8.93. The molecule has 2 N–H and O–H groups in total. The van der Waals surface area contributed by atoms with Crippen LogP contribution in [0.25, 0.3) is 11.6 Å². The third-order valence-electron chi connectivity index (χ3n) is 4.56. The van der Waals surface area contributed by atoms with Crippen LogP contribution in [0.5, 0.6) is 11.5 Å². The van der Waals surface area contributed by atoms with Crippen molar-refractivity contribution in [2.24, 2.45) is 0 Å². The third-order valence-corrected chi connectivity index (χ3v) is 4.56. The van der Waals surface area contributed by atoms with E-state index in [0.29, 0.717) is 23.5 Å². The van der Waals surface area contributed by atoms with Crippen molar-refractivity contribution in [3.8, 4) is 11.5 Å². The molecule has 2 aromatic rings. The molecule has 0 unspecified atom stereocenters. The normalized spacial score (nSPS) is 14.6. The van der Waals surface area contributed by atoms with Gasteiger partial charge in [-0.2, -0.15) is 0 Å². The van der Waals surface area contributed by atoms with Crippen LogP contribution in [-0.4, -0.2) is 42.2 Å². The molecular formula is C21H24N2O3. The van der Waals surface area contributed by atoms with E-state index in [0.717, 1.165) is 30.9 Å². The molecule has 1 aliphatic rings. The van der Waals surface area contributed by atoms with E-state index in [1.807, 2.05) is 24.3 Å². The fourth-order valence-electron chi connectivity index (χ4n) is 3.04. The molecule has 0 radical (unpaired) electrons. The van der Waals surface area contributed by atoms with Crippen LogP contribution in [0.2, 0.25) is 0 Å². The largest absolute Gasteiger partial charge is 0.508 e. The number of amides is 1. The number of benzene rings is 2. The number of hydrogen-bond donors (Lipinski definition) is 2. The smallest absolute Gasteiger partial charge is 0.256 e. The fourth-order valence-corrected chi connectivity index (χ4v) is 3.04.